The summed E-state index contributed by atoms with van der Waals surface area (Å²) in [7, 11) is 1.68. The number of ether oxygens (including phenoxy) is 3. The van der Waals surface area contributed by atoms with Gasteiger partial charge in [0.1, 0.15) is 5.75 Å². The molecule has 2 N–H and O–H groups in total. The van der Waals surface area contributed by atoms with Crippen LogP contribution in [-0.2, 0) is 9.47 Å². The standard InChI is InChI=1S/C16H25NO3/c1-4-20-16(7-9-19-10-8-16)15(17)14-6-5-13(18-3)11-12(14)2/h5-6,11,15H,4,7-10,17H2,1-3H3. The van der Waals surface area contributed by atoms with E-state index in [2.05, 4.69) is 13.0 Å². The van der Waals surface area contributed by atoms with Crippen LogP contribution in [0.5, 0.6) is 5.75 Å². The Morgan fingerprint density at radius 1 is 1.35 bits per heavy atom. The van der Waals surface area contributed by atoms with Gasteiger partial charge in [-0.3, -0.25) is 0 Å². The fourth-order valence-electron chi connectivity index (χ4n) is 2.96. The number of hydrogen-bond donors (Lipinski definition) is 1. The molecule has 1 saturated heterocycles. The highest BCUT2D eigenvalue weighted by Gasteiger charge is 2.40. The highest BCUT2D eigenvalue weighted by Crippen LogP contribution is 2.38. The first-order chi connectivity index (χ1) is 9.63. The molecule has 112 valence electrons. The summed E-state index contributed by atoms with van der Waals surface area (Å²) in [6.07, 6.45) is 1.68. The minimum absolute atomic E-state index is 0.141. The molecule has 0 spiro atoms. The molecular weight excluding hydrogens is 254 g/mol. The van der Waals surface area contributed by atoms with E-state index in [1.165, 1.54) is 0 Å². The van der Waals surface area contributed by atoms with E-state index < -0.39 is 0 Å². The third-order valence-electron chi connectivity index (χ3n) is 4.15. The molecule has 1 heterocycles. The monoisotopic (exact) mass is 279 g/mol. The summed E-state index contributed by atoms with van der Waals surface area (Å²) in [5.74, 6) is 0.857. The van der Waals surface area contributed by atoms with E-state index in [0.29, 0.717) is 19.8 Å². The first kappa shape index (κ1) is 15.3. The number of rotatable bonds is 5. The Morgan fingerprint density at radius 3 is 2.60 bits per heavy atom. The quantitative estimate of drug-likeness (QED) is 0.900. The van der Waals surface area contributed by atoms with Crippen molar-refractivity contribution in [2.75, 3.05) is 26.9 Å². The number of aryl methyl sites for hydroxylation is 1. The van der Waals surface area contributed by atoms with Gasteiger partial charge in [0.05, 0.1) is 18.8 Å². The van der Waals surface area contributed by atoms with Crippen molar-refractivity contribution in [2.24, 2.45) is 5.73 Å². The molecule has 1 fully saturated rings. The number of methoxy groups -OCH3 is 1. The molecule has 1 aromatic rings. The normalized spacial score (nSPS) is 19.6. The van der Waals surface area contributed by atoms with Crippen molar-refractivity contribution in [3.05, 3.63) is 29.3 Å². The van der Waals surface area contributed by atoms with Crippen molar-refractivity contribution in [1.82, 2.24) is 0 Å². The second-order valence-electron chi connectivity index (χ2n) is 5.31. The van der Waals surface area contributed by atoms with Crippen LogP contribution in [0.15, 0.2) is 18.2 Å². The van der Waals surface area contributed by atoms with Crippen LogP contribution in [0.25, 0.3) is 0 Å². The molecule has 0 amide bonds. The lowest BCUT2D eigenvalue weighted by Crippen LogP contribution is -2.48. The number of hydrogen-bond acceptors (Lipinski definition) is 4. The van der Waals surface area contributed by atoms with Crippen LogP contribution in [0.4, 0.5) is 0 Å². The minimum atomic E-state index is -0.313. The van der Waals surface area contributed by atoms with Crippen LogP contribution in [0.3, 0.4) is 0 Å². The molecule has 0 bridgehead atoms. The zero-order valence-electron chi connectivity index (χ0n) is 12.6. The second kappa shape index (κ2) is 6.57. The summed E-state index contributed by atoms with van der Waals surface area (Å²) in [6.45, 7) is 6.18. The van der Waals surface area contributed by atoms with Gasteiger partial charge in [-0.2, -0.15) is 0 Å². The lowest BCUT2D eigenvalue weighted by atomic mass is 9.81. The lowest BCUT2D eigenvalue weighted by Gasteiger charge is -2.42. The number of nitrogens with two attached hydrogens (primary N) is 1. The van der Waals surface area contributed by atoms with Gasteiger partial charge in [-0.25, -0.2) is 0 Å². The Balaban J connectivity index is 2.29. The molecule has 4 heteroatoms. The van der Waals surface area contributed by atoms with Crippen LogP contribution in [0, 0.1) is 6.92 Å². The van der Waals surface area contributed by atoms with Gasteiger partial charge in [0.25, 0.3) is 0 Å². The van der Waals surface area contributed by atoms with Gasteiger partial charge in [-0.05, 0) is 37.1 Å². The van der Waals surface area contributed by atoms with Gasteiger partial charge < -0.3 is 19.9 Å². The van der Waals surface area contributed by atoms with E-state index >= 15 is 0 Å². The van der Waals surface area contributed by atoms with Crippen molar-refractivity contribution in [3.8, 4) is 5.75 Å². The molecule has 1 aliphatic heterocycles. The molecule has 0 aromatic heterocycles. The zero-order chi connectivity index (χ0) is 14.6. The molecule has 2 rings (SSSR count). The Kier molecular flexibility index (Phi) is 5.02. The van der Waals surface area contributed by atoms with Crippen molar-refractivity contribution in [1.29, 1.82) is 0 Å². The minimum Gasteiger partial charge on any atom is -0.497 e. The molecule has 1 atom stereocenters. The summed E-state index contributed by atoms with van der Waals surface area (Å²) >= 11 is 0. The predicted octanol–water partition coefficient (Wildman–Crippen LogP) is 2.59. The van der Waals surface area contributed by atoms with Crippen LogP contribution in [0.2, 0.25) is 0 Å². The summed E-state index contributed by atoms with van der Waals surface area (Å²) in [5, 5.41) is 0. The van der Waals surface area contributed by atoms with Crippen LogP contribution in [-0.4, -0.2) is 32.5 Å². The average molecular weight is 279 g/mol. The maximum atomic E-state index is 6.56. The van der Waals surface area contributed by atoms with Gasteiger partial charge in [0.2, 0.25) is 0 Å². The topological polar surface area (TPSA) is 53.7 Å². The molecule has 1 unspecified atom stereocenters. The van der Waals surface area contributed by atoms with Crippen molar-refractivity contribution in [3.63, 3.8) is 0 Å². The third kappa shape index (κ3) is 2.97. The van der Waals surface area contributed by atoms with Crippen molar-refractivity contribution >= 4 is 0 Å². The van der Waals surface area contributed by atoms with Gasteiger partial charge in [0.15, 0.2) is 0 Å². The van der Waals surface area contributed by atoms with E-state index in [-0.39, 0.29) is 11.6 Å². The zero-order valence-corrected chi connectivity index (χ0v) is 12.6. The summed E-state index contributed by atoms with van der Waals surface area (Å²) in [5.41, 5.74) is 8.52. The summed E-state index contributed by atoms with van der Waals surface area (Å²) in [6, 6.07) is 5.89. The van der Waals surface area contributed by atoms with E-state index in [1.54, 1.807) is 7.11 Å². The fourth-order valence-corrected chi connectivity index (χ4v) is 2.96. The lowest BCUT2D eigenvalue weighted by molar-refractivity contribution is -0.121. The fraction of sp³-hybridized carbons (Fsp3) is 0.625. The van der Waals surface area contributed by atoms with E-state index in [9.17, 15) is 0 Å². The highest BCUT2D eigenvalue weighted by molar-refractivity contribution is 5.37. The third-order valence-corrected chi connectivity index (χ3v) is 4.15. The Labute approximate surface area is 121 Å². The molecule has 0 aliphatic carbocycles. The predicted molar refractivity (Wildman–Crippen MR) is 79.1 cm³/mol. The Morgan fingerprint density at radius 2 is 2.05 bits per heavy atom. The smallest absolute Gasteiger partial charge is 0.119 e. The largest absolute Gasteiger partial charge is 0.497 e. The van der Waals surface area contributed by atoms with Crippen molar-refractivity contribution in [2.45, 2.75) is 38.3 Å². The van der Waals surface area contributed by atoms with E-state index in [1.807, 2.05) is 19.1 Å². The average Bonchev–Trinajstić information content (AvgIpc) is 2.47. The van der Waals surface area contributed by atoms with Gasteiger partial charge >= 0.3 is 0 Å². The molecular formula is C16H25NO3. The molecule has 20 heavy (non-hydrogen) atoms. The Bertz CT molecular complexity index is 436. The first-order valence-corrected chi connectivity index (χ1v) is 7.25. The highest BCUT2D eigenvalue weighted by atomic mass is 16.5. The van der Waals surface area contributed by atoms with Crippen molar-refractivity contribution < 1.29 is 14.2 Å². The molecule has 0 radical (unpaired) electrons. The van der Waals surface area contributed by atoms with Crippen LogP contribution >= 0.6 is 0 Å². The Hall–Kier alpha value is -1.10. The maximum Gasteiger partial charge on any atom is 0.119 e. The van der Waals surface area contributed by atoms with E-state index in [0.717, 1.165) is 29.7 Å². The molecule has 0 saturated carbocycles. The second-order valence-corrected chi connectivity index (χ2v) is 5.31. The number of benzene rings is 1. The molecule has 1 aliphatic rings. The van der Waals surface area contributed by atoms with E-state index in [4.69, 9.17) is 19.9 Å². The summed E-state index contributed by atoms with van der Waals surface area (Å²) in [4.78, 5) is 0. The van der Waals surface area contributed by atoms with Gasteiger partial charge in [0, 0.05) is 32.7 Å². The molecule has 1 aromatic carbocycles. The molecule has 4 nitrogen and oxygen atoms in total. The van der Waals surface area contributed by atoms with Crippen LogP contribution < -0.4 is 10.5 Å². The SMILES string of the molecule is CCOC1(C(N)c2ccc(OC)cc2C)CCOCC1. The summed E-state index contributed by atoms with van der Waals surface area (Å²) < 4.78 is 16.8. The van der Waals surface area contributed by atoms with Gasteiger partial charge in [-0.15, -0.1) is 0 Å². The maximum absolute atomic E-state index is 6.56. The van der Waals surface area contributed by atoms with Gasteiger partial charge in [-0.1, -0.05) is 6.07 Å². The first-order valence-electron chi connectivity index (χ1n) is 7.25. The van der Waals surface area contributed by atoms with Crippen LogP contribution in [0.1, 0.15) is 36.9 Å².